The molecule has 0 amide bonds. The van der Waals surface area contributed by atoms with E-state index in [1.54, 1.807) is 18.2 Å². The first-order valence-corrected chi connectivity index (χ1v) is 9.29. The number of aryl methyl sites for hydroxylation is 2. The molecule has 0 unspecified atom stereocenters. The number of benzene rings is 2. The number of hydrogen-bond donors (Lipinski definition) is 0. The molecule has 3 aromatic rings. The van der Waals surface area contributed by atoms with Crippen LogP contribution in [0.5, 0.6) is 0 Å². The first kappa shape index (κ1) is 19.6. The summed E-state index contributed by atoms with van der Waals surface area (Å²) in [5.74, 6) is -0.279. The van der Waals surface area contributed by atoms with Gasteiger partial charge in [0.25, 0.3) is 0 Å². The van der Waals surface area contributed by atoms with E-state index in [1.165, 1.54) is 0 Å². The van der Waals surface area contributed by atoms with Crippen LogP contribution in [0, 0.1) is 32.1 Å². The minimum Gasteiger partial charge on any atom is -0.288 e. The Morgan fingerprint density at radius 3 is 2.50 bits per heavy atom. The summed E-state index contributed by atoms with van der Waals surface area (Å²) >= 11 is 6.26. The molecule has 1 aromatic heterocycles. The summed E-state index contributed by atoms with van der Waals surface area (Å²) in [4.78, 5) is 12.8. The monoisotopic (exact) mass is 389 g/mol. The summed E-state index contributed by atoms with van der Waals surface area (Å²) in [5, 5.41) is 14.8. The van der Waals surface area contributed by atoms with Crippen LogP contribution in [0.2, 0.25) is 5.02 Å². The SMILES string of the molecule is Cc1ccccc1C(=O)/C(C#N)=C/c1c(C)nn(Cc2ccccc2Cl)c1C. The van der Waals surface area contributed by atoms with E-state index in [1.807, 2.05) is 61.9 Å². The molecule has 0 spiro atoms. The van der Waals surface area contributed by atoms with Crippen molar-refractivity contribution in [2.75, 3.05) is 0 Å². The number of carbonyl (C=O) groups excluding carboxylic acids is 1. The van der Waals surface area contributed by atoms with Crippen molar-refractivity contribution in [1.82, 2.24) is 9.78 Å². The Bertz CT molecular complexity index is 1120. The highest BCUT2D eigenvalue weighted by Gasteiger charge is 2.17. The number of rotatable bonds is 5. The van der Waals surface area contributed by atoms with Crippen molar-refractivity contribution in [1.29, 1.82) is 5.26 Å². The lowest BCUT2D eigenvalue weighted by Crippen LogP contribution is -2.05. The molecule has 0 aliphatic carbocycles. The average Bonchev–Trinajstić information content (AvgIpc) is 2.94. The van der Waals surface area contributed by atoms with Crippen molar-refractivity contribution in [3.63, 3.8) is 0 Å². The van der Waals surface area contributed by atoms with E-state index in [4.69, 9.17) is 11.6 Å². The van der Waals surface area contributed by atoms with Gasteiger partial charge in [-0.15, -0.1) is 0 Å². The van der Waals surface area contributed by atoms with Gasteiger partial charge < -0.3 is 0 Å². The predicted molar refractivity (Wildman–Crippen MR) is 111 cm³/mol. The Hall–Kier alpha value is -3.16. The molecule has 0 radical (unpaired) electrons. The van der Waals surface area contributed by atoms with E-state index < -0.39 is 0 Å². The van der Waals surface area contributed by atoms with Crippen LogP contribution >= 0.6 is 11.6 Å². The molecule has 0 saturated carbocycles. The van der Waals surface area contributed by atoms with Gasteiger partial charge in [0, 0.05) is 21.8 Å². The van der Waals surface area contributed by atoms with Gasteiger partial charge in [-0.1, -0.05) is 54.1 Å². The minimum atomic E-state index is -0.279. The molecule has 0 aliphatic rings. The first-order valence-electron chi connectivity index (χ1n) is 8.92. The minimum absolute atomic E-state index is 0.0952. The summed E-state index contributed by atoms with van der Waals surface area (Å²) in [6.07, 6.45) is 1.63. The second-order valence-electron chi connectivity index (χ2n) is 6.65. The van der Waals surface area contributed by atoms with Gasteiger partial charge in [-0.2, -0.15) is 10.4 Å². The maximum absolute atomic E-state index is 12.8. The largest absolute Gasteiger partial charge is 0.288 e. The lowest BCUT2D eigenvalue weighted by molar-refractivity contribution is 0.103. The predicted octanol–water partition coefficient (Wildman–Crippen LogP) is 5.30. The molecule has 0 fully saturated rings. The zero-order valence-electron chi connectivity index (χ0n) is 16.0. The molecule has 0 saturated heterocycles. The molecule has 4 nitrogen and oxygen atoms in total. The molecule has 0 atom stereocenters. The zero-order chi connectivity index (χ0) is 20.3. The molecular formula is C23H20ClN3O. The highest BCUT2D eigenvalue weighted by Crippen LogP contribution is 2.22. The fraction of sp³-hybridized carbons (Fsp3) is 0.174. The third-order valence-electron chi connectivity index (χ3n) is 4.76. The second kappa shape index (κ2) is 8.24. The van der Waals surface area contributed by atoms with Crippen LogP contribution in [0.4, 0.5) is 0 Å². The average molecular weight is 390 g/mol. The Morgan fingerprint density at radius 2 is 1.82 bits per heavy atom. The van der Waals surface area contributed by atoms with Crippen LogP contribution in [0.15, 0.2) is 54.1 Å². The molecular weight excluding hydrogens is 370 g/mol. The third-order valence-corrected chi connectivity index (χ3v) is 5.13. The number of ketones is 1. The van der Waals surface area contributed by atoms with Crippen LogP contribution in [0.1, 0.15) is 38.4 Å². The van der Waals surface area contributed by atoms with Crippen molar-refractivity contribution < 1.29 is 4.79 Å². The molecule has 0 N–H and O–H groups in total. The Labute approximate surface area is 169 Å². The number of nitrogens with zero attached hydrogens (tertiary/aromatic N) is 3. The van der Waals surface area contributed by atoms with Gasteiger partial charge in [0.05, 0.1) is 12.2 Å². The van der Waals surface area contributed by atoms with Gasteiger partial charge in [-0.3, -0.25) is 9.48 Å². The maximum Gasteiger partial charge on any atom is 0.203 e. The van der Waals surface area contributed by atoms with Crippen molar-refractivity contribution in [2.24, 2.45) is 0 Å². The summed E-state index contributed by atoms with van der Waals surface area (Å²) < 4.78 is 1.84. The third kappa shape index (κ3) is 3.90. The van der Waals surface area contributed by atoms with Crippen molar-refractivity contribution in [3.05, 3.63) is 92.8 Å². The quantitative estimate of drug-likeness (QED) is 0.338. The molecule has 28 heavy (non-hydrogen) atoms. The van der Waals surface area contributed by atoms with E-state index >= 15 is 0 Å². The molecule has 5 heteroatoms. The van der Waals surface area contributed by atoms with Crippen molar-refractivity contribution >= 4 is 23.5 Å². The molecule has 0 bridgehead atoms. The number of Topliss-reactive ketones (excluding diaryl/α,β-unsaturated/α-hetero) is 1. The van der Waals surface area contributed by atoms with E-state index in [-0.39, 0.29) is 11.4 Å². The Kier molecular flexibility index (Phi) is 5.77. The highest BCUT2D eigenvalue weighted by molar-refractivity contribution is 6.31. The number of allylic oxidation sites excluding steroid dienone is 1. The smallest absolute Gasteiger partial charge is 0.203 e. The summed E-state index contributed by atoms with van der Waals surface area (Å²) in [7, 11) is 0. The first-order chi connectivity index (χ1) is 13.4. The molecule has 0 aliphatic heterocycles. The lowest BCUT2D eigenvalue weighted by Gasteiger charge is -2.07. The summed E-state index contributed by atoms with van der Waals surface area (Å²) in [5.41, 5.74) is 4.85. The van der Waals surface area contributed by atoms with Crippen LogP contribution in [-0.4, -0.2) is 15.6 Å². The van der Waals surface area contributed by atoms with Gasteiger partial charge in [0.1, 0.15) is 11.6 Å². The van der Waals surface area contributed by atoms with E-state index in [0.29, 0.717) is 17.1 Å². The fourth-order valence-electron chi connectivity index (χ4n) is 3.13. The summed E-state index contributed by atoms with van der Waals surface area (Å²) in [6, 6.07) is 16.9. The van der Waals surface area contributed by atoms with Crippen molar-refractivity contribution in [3.8, 4) is 6.07 Å². The standard InChI is InChI=1S/C23H20ClN3O/c1-15-8-4-6-10-20(15)23(28)19(13-25)12-21-16(2)26-27(17(21)3)14-18-9-5-7-11-22(18)24/h4-12H,14H2,1-3H3/b19-12+. The second-order valence-corrected chi connectivity index (χ2v) is 7.05. The van der Waals surface area contributed by atoms with Gasteiger partial charge in [0.15, 0.2) is 0 Å². The summed E-state index contributed by atoms with van der Waals surface area (Å²) in [6.45, 7) is 6.18. The topological polar surface area (TPSA) is 58.7 Å². The molecule has 3 rings (SSSR count). The Morgan fingerprint density at radius 1 is 1.14 bits per heavy atom. The number of carbonyl (C=O) groups is 1. The lowest BCUT2D eigenvalue weighted by atomic mass is 9.98. The van der Waals surface area contributed by atoms with Crippen LogP contribution < -0.4 is 0 Å². The molecule has 2 aromatic carbocycles. The number of hydrogen-bond acceptors (Lipinski definition) is 3. The van der Waals surface area contributed by atoms with Crippen LogP contribution in [0.25, 0.3) is 6.08 Å². The van der Waals surface area contributed by atoms with E-state index in [9.17, 15) is 10.1 Å². The van der Waals surface area contributed by atoms with E-state index in [2.05, 4.69) is 11.2 Å². The van der Waals surface area contributed by atoms with Gasteiger partial charge >= 0.3 is 0 Å². The van der Waals surface area contributed by atoms with E-state index in [0.717, 1.165) is 28.1 Å². The van der Waals surface area contributed by atoms with Gasteiger partial charge in [-0.05, 0) is 44.0 Å². The fourth-order valence-corrected chi connectivity index (χ4v) is 3.32. The maximum atomic E-state index is 12.8. The number of aromatic nitrogens is 2. The van der Waals surface area contributed by atoms with Crippen molar-refractivity contribution in [2.45, 2.75) is 27.3 Å². The Balaban J connectivity index is 1.98. The van der Waals surface area contributed by atoms with Gasteiger partial charge in [-0.25, -0.2) is 0 Å². The normalized spacial score (nSPS) is 11.3. The number of halogens is 1. The molecule has 140 valence electrons. The highest BCUT2D eigenvalue weighted by atomic mass is 35.5. The molecule has 1 heterocycles. The van der Waals surface area contributed by atoms with Crippen LogP contribution in [-0.2, 0) is 6.54 Å². The van der Waals surface area contributed by atoms with Crippen LogP contribution in [0.3, 0.4) is 0 Å². The zero-order valence-corrected chi connectivity index (χ0v) is 16.8. The number of nitriles is 1. The van der Waals surface area contributed by atoms with Gasteiger partial charge in [0.2, 0.25) is 5.78 Å².